The summed E-state index contributed by atoms with van der Waals surface area (Å²) in [5.41, 5.74) is 4.75. The summed E-state index contributed by atoms with van der Waals surface area (Å²) in [6, 6.07) is 16.3. The third kappa shape index (κ3) is 6.21. The Morgan fingerprint density at radius 1 is 1.05 bits per heavy atom. The Morgan fingerprint density at radius 2 is 1.82 bits per heavy atom. The Morgan fingerprint density at radius 3 is 2.53 bits per heavy atom. The normalized spacial score (nSPS) is 17.3. The molecule has 1 amide bonds. The Hall–Kier alpha value is -3.32. The summed E-state index contributed by atoms with van der Waals surface area (Å²) >= 11 is 1.49. The summed E-state index contributed by atoms with van der Waals surface area (Å²) in [6.07, 6.45) is 9.76. The predicted molar refractivity (Wildman–Crippen MR) is 157 cm³/mol. The number of amidine groups is 1. The number of amides is 1. The van der Waals surface area contributed by atoms with Crippen molar-refractivity contribution in [2.75, 3.05) is 19.7 Å². The molecule has 38 heavy (non-hydrogen) atoms. The molecular formula is C31H36N4O2S. The standard InChI is InChI=1S/C31H36N4O2S/c1-22(2)15-18-37-27-14-13-24(19-23(27)3)29-25(21-35(33-29)26-11-7-6-8-12-26)20-28-30(36)32-31(38-28)34-16-9-4-5-10-17-34/h6-8,11-14,19-22H,4-5,9-10,15-18H2,1-3H3. The molecule has 0 unspecified atom stereocenters. The van der Waals surface area contributed by atoms with Crippen LogP contribution in [0.5, 0.6) is 5.75 Å². The first-order chi connectivity index (χ1) is 18.5. The fourth-order valence-corrected chi connectivity index (χ4v) is 5.69. The van der Waals surface area contributed by atoms with Crippen LogP contribution in [0.15, 0.2) is 64.6 Å². The number of nitrogens with zero attached hydrogens (tertiary/aromatic N) is 4. The maximum atomic E-state index is 12.9. The van der Waals surface area contributed by atoms with Gasteiger partial charge in [0.15, 0.2) is 5.17 Å². The number of hydrogen-bond donors (Lipinski definition) is 0. The van der Waals surface area contributed by atoms with Crippen LogP contribution in [0.1, 0.15) is 57.1 Å². The lowest BCUT2D eigenvalue weighted by molar-refractivity contribution is -0.113. The molecule has 2 aliphatic heterocycles. The molecule has 0 N–H and O–H groups in total. The number of carbonyl (C=O) groups is 1. The second-order valence-electron chi connectivity index (χ2n) is 10.4. The number of aromatic nitrogens is 2. The Bertz CT molecular complexity index is 1340. The van der Waals surface area contributed by atoms with Crippen molar-refractivity contribution >= 4 is 28.9 Å². The number of aryl methyl sites for hydroxylation is 1. The van der Waals surface area contributed by atoms with Crippen molar-refractivity contribution in [3.05, 3.63) is 70.8 Å². The molecule has 0 atom stereocenters. The van der Waals surface area contributed by atoms with Gasteiger partial charge in [-0.15, -0.1) is 0 Å². The first kappa shape index (κ1) is 26.3. The lowest BCUT2D eigenvalue weighted by Gasteiger charge is -2.20. The van der Waals surface area contributed by atoms with E-state index in [2.05, 4.69) is 42.8 Å². The molecule has 2 aromatic carbocycles. The number of likely N-dealkylation sites (tertiary alicyclic amines) is 1. The third-order valence-electron chi connectivity index (χ3n) is 6.94. The number of carbonyl (C=O) groups excluding carboxylic acids is 1. The molecule has 6 nitrogen and oxygen atoms in total. The van der Waals surface area contributed by atoms with Crippen LogP contribution in [-0.4, -0.2) is 45.5 Å². The molecule has 1 saturated heterocycles. The largest absolute Gasteiger partial charge is 0.493 e. The van der Waals surface area contributed by atoms with Crippen molar-refractivity contribution in [1.82, 2.24) is 14.7 Å². The zero-order chi connectivity index (χ0) is 26.5. The second-order valence-corrected chi connectivity index (χ2v) is 11.4. The van der Waals surface area contributed by atoms with Gasteiger partial charge in [0.05, 0.1) is 17.2 Å². The first-order valence-corrected chi connectivity index (χ1v) is 14.5. The lowest BCUT2D eigenvalue weighted by Crippen LogP contribution is -2.28. The van der Waals surface area contributed by atoms with E-state index in [1.54, 1.807) is 0 Å². The van der Waals surface area contributed by atoms with Gasteiger partial charge in [-0.2, -0.15) is 10.1 Å². The molecule has 0 saturated carbocycles. The van der Waals surface area contributed by atoms with Gasteiger partial charge in [0.25, 0.3) is 5.91 Å². The van der Waals surface area contributed by atoms with Crippen LogP contribution in [-0.2, 0) is 4.79 Å². The highest BCUT2D eigenvalue weighted by molar-refractivity contribution is 8.18. The number of benzene rings is 2. The van der Waals surface area contributed by atoms with E-state index in [4.69, 9.17) is 9.84 Å². The van der Waals surface area contributed by atoms with Gasteiger partial charge in [-0.3, -0.25) is 4.79 Å². The summed E-state index contributed by atoms with van der Waals surface area (Å²) < 4.78 is 7.92. The van der Waals surface area contributed by atoms with E-state index in [9.17, 15) is 4.79 Å². The molecular weight excluding hydrogens is 492 g/mol. The van der Waals surface area contributed by atoms with Gasteiger partial charge >= 0.3 is 0 Å². The molecule has 3 heterocycles. The van der Waals surface area contributed by atoms with Crippen molar-refractivity contribution < 1.29 is 9.53 Å². The van der Waals surface area contributed by atoms with Crippen LogP contribution in [0.4, 0.5) is 0 Å². The highest BCUT2D eigenvalue weighted by Gasteiger charge is 2.27. The Balaban J connectivity index is 1.45. The molecule has 0 bridgehead atoms. The van der Waals surface area contributed by atoms with Crippen LogP contribution in [0.3, 0.4) is 0 Å². The summed E-state index contributed by atoms with van der Waals surface area (Å²) in [6.45, 7) is 9.11. The van der Waals surface area contributed by atoms with Gasteiger partial charge in [0, 0.05) is 30.4 Å². The molecule has 7 heteroatoms. The summed E-state index contributed by atoms with van der Waals surface area (Å²) in [7, 11) is 0. The van der Waals surface area contributed by atoms with Crippen molar-refractivity contribution in [2.45, 2.75) is 52.9 Å². The number of hydrogen-bond acceptors (Lipinski definition) is 5. The van der Waals surface area contributed by atoms with Crippen molar-refractivity contribution in [3.8, 4) is 22.7 Å². The zero-order valence-electron chi connectivity index (χ0n) is 22.5. The molecule has 0 radical (unpaired) electrons. The van der Waals surface area contributed by atoms with Gasteiger partial charge in [-0.25, -0.2) is 4.68 Å². The zero-order valence-corrected chi connectivity index (χ0v) is 23.3. The van der Waals surface area contributed by atoms with Crippen LogP contribution in [0.2, 0.25) is 0 Å². The summed E-state index contributed by atoms with van der Waals surface area (Å²) in [5.74, 6) is 1.33. The van der Waals surface area contributed by atoms with Gasteiger partial charge in [0.2, 0.25) is 0 Å². The van der Waals surface area contributed by atoms with Crippen LogP contribution >= 0.6 is 11.8 Å². The molecule has 2 aliphatic rings. The lowest BCUT2D eigenvalue weighted by atomic mass is 10.0. The summed E-state index contributed by atoms with van der Waals surface area (Å²) in [5, 5.41) is 5.79. The first-order valence-electron chi connectivity index (χ1n) is 13.6. The monoisotopic (exact) mass is 528 g/mol. The molecule has 5 rings (SSSR count). The minimum Gasteiger partial charge on any atom is -0.493 e. The molecule has 1 aromatic heterocycles. The van der Waals surface area contributed by atoms with Gasteiger partial charge < -0.3 is 9.64 Å². The van der Waals surface area contributed by atoms with Crippen molar-refractivity contribution in [2.24, 2.45) is 10.9 Å². The third-order valence-corrected chi connectivity index (χ3v) is 7.98. The van der Waals surface area contributed by atoms with E-state index >= 15 is 0 Å². The second kappa shape index (κ2) is 12.0. The van der Waals surface area contributed by atoms with E-state index in [1.807, 2.05) is 53.4 Å². The van der Waals surface area contributed by atoms with Gasteiger partial charge in [0.1, 0.15) is 11.4 Å². The molecule has 198 valence electrons. The van der Waals surface area contributed by atoms with E-state index in [0.717, 1.165) is 71.3 Å². The highest BCUT2D eigenvalue weighted by Crippen LogP contribution is 2.35. The fraction of sp³-hybridized carbons (Fsp3) is 0.387. The number of para-hydroxylation sites is 1. The maximum absolute atomic E-state index is 12.9. The van der Waals surface area contributed by atoms with Crippen LogP contribution in [0, 0.1) is 12.8 Å². The predicted octanol–water partition coefficient (Wildman–Crippen LogP) is 7.12. The topological polar surface area (TPSA) is 59.7 Å². The van der Waals surface area contributed by atoms with Crippen molar-refractivity contribution in [1.29, 1.82) is 0 Å². The molecule has 0 aliphatic carbocycles. The average molecular weight is 529 g/mol. The molecule has 3 aromatic rings. The maximum Gasteiger partial charge on any atom is 0.286 e. The van der Waals surface area contributed by atoms with E-state index in [-0.39, 0.29) is 5.91 Å². The molecule has 1 fully saturated rings. The average Bonchev–Trinajstić information content (AvgIpc) is 3.37. The van der Waals surface area contributed by atoms with E-state index in [1.165, 1.54) is 24.6 Å². The quantitative estimate of drug-likeness (QED) is 0.306. The van der Waals surface area contributed by atoms with Crippen molar-refractivity contribution in [3.63, 3.8) is 0 Å². The van der Waals surface area contributed by atoms with Crippen LogP contribution < -0.4 is 4.74 Å². The number of aliphatic imine (C=N–C) groups is 1. The number of rotatable bonds is 7. The number of ether oxygens (including phenoxy) is 1. The smallest absolute Gasteiger partial charge is 0.286 e. The Labute approximate surface area is 229 Å². The van der Waals surface area contributed by atoms with Gasteiger partial charge in [-0.05, 0) is 85.8 Å². The number of thioether (sulfide) groups is 1. The van der Waals surface area contributed by atoms with Crippen LogP contribution in [0.25, 0.3) is 23.0 Å². The summed E-state index contributed by atoms with van der Waals surface area (Å²) in [4.78, 5) is 20.3. The van der Waals surface area contributed by atoms with E-state index < -0.39 is 0 Å². The van der Waals surface area contributed by atoms with E-state index in [0.29, 0.717) is 17.4 Å². The molecule has 0 spiro atoms. The minimum absolute atomic E-state index is 0.169. The SMILES string of the molecule is Cc1cc(-c2nn(-c3ccccc3)cc2C=C2SC(N3CCCCCC3)=NC2=O)ccc1OCCC(C)C. The minimum atomic E-state index is -0.169. The van der Waals surface area contributed by atoms with Gasteiger partial charge in [-0.1, -0.05) is 44.9 Å². The fourth-order valence-electron chi connectivity index (χ4n) is 4.73. The Kier molecular flexibility index (Phi) is 8.32. The highest BCUT2D eigenvalue weighted by atomic mass is 32.2.